The Balaban J connectivity index is 1.92. The molecule has 0 bridgehead atoms. The van der Waals surface area contributed by atoms with Gasteiger partial charge in [-0.15, -0.1) is 0 Å². The van der Waals surface area contributed by atoms with Crippen LogP contribution in [0.4, 0.5) is 0 Å². The molecular weight excluding hydrogens is 298 g/mol. The zero-order chi connectivity index (χ0) is 17.3. The van der Waals surface area contributed by atoms with Crippen LogP contribution in [0, 0.1) is 5.92 Å². The standard InChI is InChI=1S/C20H27N3O/c1-13(2)19-12-17(16-6-4-5-7-18(16)22-19)20(24)23-10-8-15(9-11-23)14(3)21/h4-7,12-15H,8-11,21H2,1-3H3. The number of piperidine rings is 1. The average Bonchev–Trinajstić information content (AvgIpc) is 2.60. The molecule has 0 spiro atoms. The number of nitrogens with two attached hydrogens (primary N) is 1. The maximum Gasteiger partial charge on any atom is 0.254 e. The van der Waals surface area contributed by atoms with Gasteiger partial charge in [-0.25, -0.2) is 0 Å². The van der Waals surface area contributed by atoms with E-state index < -0.39 is 0 Å². The lowest BCUT2D eigenvalue weighted by molar-refractivity contribution is 0.0683. The average molecular weight is 325 g/mol. The van der Waals surface area contributed by atoms with E-state index in [4.69, 9.17) is 10.7 Å². The van der Waals surface area contributed by atoms with Gasteiger partial charge in [-0.1, -0.05) is 32.0 Å². The molecule has 1 atom stereocenters. The lowest BCUT2D eigenvalue weighted by atomic mass is 9.90. The van der Waals surface area contributed by atoms with Crippen LogP contribution in [0.5, 0.6) is 0 Å². The molecule has 0 radical (unpaired) electrons. The van der Waals surface area contributed by atoms with Crippen LogP contribution in [0.15, 0.2) is 30.3 Å². The molecule has 3 rings (SSSR count). The molecule has 1 aliphatic heterocycles. The van der Waals surface area contributed by atoms with Gasteiger partial charge < -0.3 is 10.6 Å². The maximum absolute atomic E-state index is 13.1. The van der Waals surface area contributed by atoms with Crippen LogP contribution in [0.3, 0.4) is 0 Å². The maximum atomic E-state index is 13.1. The Morgan fingerprint density at radius 1 is 1.21 bits per heavy atom. The number of hydrogen-bond acceptors (Lipinski definition) is 3. The number of pyridine rings is 1. The van der Waals surface area contributed by atoms with Crippen molar-refractivity contribution in [3.63, 3.8) is 0 Å². The Hall–Kier alpha value is -1.94. The number of carbonyl (C=O) groups is 1. The molecule has 2 aromatic rings. The van der Waals surface area contributed by atoms with Gasteiger partial charge in [0.25, 0.3) is 5.91 Å². The number of amides is 1. The van der Waals surface area contributed by atoms with Crippen molar-refractivity contribution >= 4 is 16.8 Å². The summed E-state index contributed by atoms with van der Waals surface area (Å²) in [6, 6.07) is 10.1. The Morgan fingerprint density at radius 2 is 1.88 bits per heavy atom. The zero-order valence-corrected chi connectivity index (χ0v) is 14.8. The van der Waals surface area contributed by atoms with E-state index in [0.29, 0.717) is 11.8 Å². The quantitative estimate of drug-likeness (QED) is 0.938. The van der Waals surface area contributed by atoms with Gasteiger partial charge >= 0.3 is 0 Å². The lowest BCUT2D eigenvalue weighted by Gasteiger charge is -2.34. The minimum Gasteiger partial charge on any atom is -0.339 e. The Bertz CT molecular complexity index is 731. The minimum atomic E-state index is 0.124. The SMILES string of the molecule is CC(C)c1cc(C(=O)N2CCC(C(C)N)CC2)c2ccccc2n1. The number of para-hydroxylation sites is 1. The second-order valence-electron chi connectivity index (χ2n) is 7.26. The van der Waals surface area contributed by atoms with Crippen LogP contribution in [-0.2, 0) is 0 Å². The number of fused-ring (bicyclic) bond motifs is 1. The minimum absolute atomic E-state index is 0.124. The van der Waals surface area contributed by atoms with E-state index in [-0.39, 0.29) is 11.9 Å². The predicted molar refractivity (Wildman–Crippen MR) is 98.1 cm³/mol. The summed E-state index contributed by atoms with van der Waals surface area (Å²) in [4.78, 5) is 19.8. The van der Waals surface area contributed by atoms with Gasteiger partial charge in [0.15, 0.2) is 0 Å². The summed E-state index contributed by atoms with van der Waals surface area (Å²) in [6.07, 6.45) is 1.98. The first-order valence-electron chi connectivity index (χ1n) is 8.92. The smallest absolute Gasteiger partial charge is 0.254 e. The van der Waals surface area contributed by atoms with Crippen molar-refractivity contribution in [2.24, 2.45) is 11.7 Å². The molecule has 0 aliphatic carbocycles. The molecule has 0 saturated carbocycles. The van der Waals surface area contributed by atoms with Crippen LogP contribution in [0.2, 0.25) is 0 Å². The zero-order valence-electron chi connectivity index (χ0n) is 14.8. The Labute approximate surface area is 144 Å². The van der Waals surface area contributed by atoms with Gasteiger partial charge in [0.05, 0.1) is 11.1 Å². The summed E-state index contributed by atoms with van der Waals surface area (Å²) in [5.74, 6) is 0.943. The number of carbonyl (C=O) groups excluding carboxylic acids is 1. The molecule has 4 heteroatoms. The molecule has 1 aromatic heterocycles. The largest absolute Gasteiger partial charge is 0.339 e. The first-order chi connectivity index (χ1) is 11.5. The first kappa shape index (κ1) is 16.9. The van der Waals surface area contributed by atoms with E-state index in [0.717, 1.165) is 48.1 Å². The fraction of sp³-hybridized carbons (Fsp3) is 0.500. The van der Waals surface area contributed by atoms with Crippen molar-refractivity contribution in [1.82, 2.24) is 9.88 Å². The molecule has 1 aliphatic rings. The van der Waals surface area contributed by atoms with E-state index in [1.807, 2.05) is 35.2 Å². The van der Waals surface area contributed by atoms with Crippen molar-refractivity contribution in [1.29, 1.82) is 0 Å². The highest BCUT2D eigenvalue weighted by atomic mass is 16.2. The predicted octanol–water partition coefficient (Wildman–Crippen LogP) is 3.56. The van der Waals surface area contributed by atoms with Crippen LogP contribution in [0.1, 0.15) is 55.6 Å². The number of hydrogen-bond donors (Lipinski definition) is 1. The van der Waals surface area contributed by atoms with Gasteiger partial charge in [0.2, 0.25) is 0 Å². The van der Waals surface area contributed by atoms with Crippen molar-refractivity contribution in [3.05, 3.63) is 41.6 Å². The summed E-state index contributed by atoms with van der Waals surface area (Å²) >= 11 is 0. The number of likely N-dealkylation sites (tertiary alicyclic amines) is 1. The van der Waals surface area contributed by atoms with Crippen molar-refractivity contribution in [2.45, 2.75) is 45.6 Å². The number of benzene rings is 1. The topological polar surface area (TPSA) is 59.2 Å². The van der Waals surface area contributed by atoms with Crippen molar-refractivity contribution in [2.75, 3.05) is 13.1 Å². The third kappa shape index (κ3) is 3.29. The van der Waals surface area contributed by atoms with E-state index in [2.05, 4.69) is 20.8 Å². The van der Waals surface area contributed by atoms with E-state index in [1.165, 1.54) is 0 Å². The van der Waals surface area contributed by atoms with Crippen LogP contribution in [-0.4, -0.2) is 34.9 Å². The number of rotatable bonds is 3. The van der Waals surface area contributed by atoms with Gasteiger partial charge in [-0.2, -0.15) is 0 Å². The molecule has 1 unspecified atom stereocenters. The highest BCUT2D eigenvalue weighted by Gasteiger charge is 2.26. The lowest BCUT2D eigenvalue weighted by Crippen LogP contribution is -2.42. The molecule has 2 heterocycles. The van der Waals surface area contributed by atoms with Gasteiger partial charge in [-0.05, 0) is 43.7 Å². The highest BCUT2D eigenvalue weighted by molar-refractivity contribution is 6.06. The Kier molecular flexibility index (Phi) is 4.86. The fourth-order valence-electron chi connectivity index (χ4n) is 3.47. The number of aromatic nitrogens is 1. The Morgan fingerprint density at radius 3 is 2.50 bits per heavy atom. The monoisotopic (exact) mass is 325 g/mol. The van der Waals surface area contributed by atoms with Crippen molar-refractivity contribution < 1.29 is 4.79 Å². The molecule has 128 valence electrons. The van der Waals surface area contributed by atoms with Crippen LogP contribution >= 0.6 is 0 Å². The van der Waals surface area contributed by atoms with Gasteiger partial charge in [-0.3, -0.25) is 9.78 Å². The third-order valence-corrected chi connectivity index (χ3v) is 5.13. The summed E-state index contributed by atoms with van der Waals surface area (Å²) in [5, 5.41) is 0.946. The van der Waals surface area contributed by atoms with Crippen molar-refractivity contribution in [3.8, 4) is 0 Å². The molecule has 4 nitrogen and oxygen atoms in total. The van der Waals surface area contributed by atoms with Gasteiger partial charge in [0.1, 0.15) is 0 Å². The van der Waals surface area contributed by atoms with E-state index in [9.17, 15) is 4.79 Å². The molecular formula is C20H27N3O. The number of nitrogens with zero attached hydrogens (tertiary/aromatic N) is 2. The van der Waals surface area contributed by atoms with Crippen LogP contribution in [0.25, 0.3) is 10.9 Å². The molecule has 1 amide bonds. The normalized spacial score (nSPS) is 17.5. The third-order valence-electron chi connectivity index (χ3n) is 5.13. The van der Waals surface area contributed by atoms with E-state index in [1.54, 1.807) is 0 Å². The molecule has 1 aromatic carbocycles. The second kappa shape index (κ2) is 6.89. The van der Waals surface area contributed by atoms with Gasteiger partial charge in [0, 0.05) is 30.2 Å². The summed E-state index contributed by atoms with van der Waals surface area (Å²) in [7, 11) is 0. The highest BCUT2D eigenvalue weighted by Crippen LogP contribution is 2.26. The summed E-state index contributed by atoms with van der Waals surface area (Å²) < 4.78 is 0. The fourth-order valence-corrected chi connectivity index (χ4v) is 3.47. The second-order valence-corrected chi connectivity index (χ2v) is 7.26. The molecule has 24 heavy (non-hydrogen) atoms. The summed E-state index contributed by atoms with van der Waals surface area (Å²) in [5.41, 5.74) is 8.67. The molecule has 1 fully saturated rings. The van der Waals surface area contributed by atoms with E-state index >= 15 is 0 Å². The van der Waals surface area contributed by atoms with Crippen LogP contribution < -0.4 is 5.73 Å². The molecule has 1 saturated heterocycles. The molecule has 2 N–H and O–H groups in total. The summed E-state index contributed by atoms with van der Waals surface area (Å²) in [6.45, 7) is 7.86. The first-order valence-corrected chi connectivity index (χ1v) is 8.92.